The van der Waals surface area contributed by atoms with Crippen molar-refractivity contribution in [2.75, 3.05) is 6.54 Å². The lowest BCUT2D eigenvalue weighted by Crippen LogP contribution is -2.15. The molecule has 1 saturated carbocycles. The Balaban J connectivity index is 2.07. The van der Waals surface area contributed by atoms with Gasteiger partial charge in [0.1, 0.15) is 5.82 Å². The Hall–Kier alpha value is -0.890. The minimum absolute atomic E-state index is 0.101. The van der Waals surface area contributed by atoms with Crippen LogP contribution in [0.4, 0.5) is 4.39 Å². The monoisotopic (exact) mass is 207 g/mol. The summed E-state index contributed by atoms with van der Waals surface area (Å²) in [6, 6.07) is 5.20. The fourth-order valence-electron chi connectivity index (χ4n) is 1.90. The van der Waals surface area contributed by atoms with Gasteiger partial charge in [-0.15, -0.1) is 0 Å². The van der Waals surface area contributed by atoms with Crippen LogP contribution in [0.25, 0.3) is 0 Å². The number of halogens is 1. The van der Waals surface area contributed by atoms with Gasteiger partial charge in [0.05, 0.1) is 0 Å². The molecule has 0 amide bonds. The molecule has 2 heteroatoms. The molecule has 1 aliphatic carbocycles. The maximum atomic E-state index is 13.1. The Morgan fingerprint density at radius 2 is 2.20 bits per heavy atom. The third kappa shape index (κ3) is 2.78. The van der Waals surface area contributed by atoms with Crippen LogP contribution in [0.1, 0.15) is 43.2 Å². The summed E-state index contributed by atoms with van der Waals surface area (Å²) >= 11 is 0. The van der Waals surface area contributed by atoms with Crippen molar-refractivity contribution in [3.63, 3.8) is 0 Å². The first kappa shape index (κ1) is 10.6. The highest BCUT2D eigenvalue weighted by Gasteiger charge is 2.26. The normalized spacial score (nSPS) is 15.6. The van der Waals surface area contributed by atoms with Crippen LogP contribution in [-0.2, 0) is 6.54 Å². The first-order valence-corrected chi connectivity index (χ1v) is 5.80. The molecule has 0 aliphatic heterocycles. The molecule has 2 rings (SSSR count). The zero-order chi connectivity index (χ0) is 10.7. The molecule has 1 aliphatic rings. The summed E-state index contributed by atoms with van der Waals surface area (Å²) in [6.07, 6.45) is 3.59. The summed E-state index contributed by atoms with van der Waals surface area (Å²) in [5.41, 5.74) is 2.49. The van der Waals surface area contributed by atoms with E-state index in [1.807, 2.05) is 6.07 Å². The maximum absolute atomic E-state index is 13.1. The molecule has 0 atom stereocenters. The van der Waals surface area contributed by atoms with E-state index >= 15 is 0 Å². The largest absolute Gasteiger partial charge is 0.313 e. The molecule has 1 nitrogen and oxygen atoms in total. The molecule has 0 saturated heterocycles. The van der Waals surface area contributed by atoms with E-state index in [0.29, 0.717) is 5.92 Å². The molecule has 1 aromatic rings. The highest BCUT2D eigenvalue weighted by molar-refractivity contribution is 5.33. The molecule has 1 N–H and O–H groups in total. The van der Waals surface area contributed by atoms with Gasteiger partial charge >= 0.3 is 0 Å². The van der Waals surface area contributed by atoms with E-state index in [4.69, 9.17) is 0 Å². The Morgan fingerprint density at radius 1 is 1.40 bits per heavy atom. The second-order valence-corrected chi connectivity index (χ2v) is 4.29. The van der Waals surface area contributed by atoms with E-state index < -0.39 is 0 Å². The van der Waals surface area contributed by atoms with E-state index in [2.05, 4.69) is 12.2 Å². The minimum atomic E-state index is -0.101. The summed E-state index contributed by atoms with van der Waals surface area (Å²) in [7, 11) is 0. The molecule has 0 unspecified atom stereocenters. The van der Waals surface area contributed by atoms with Crippen LogP contribution < -0.4 is 5.32 Å². The van der Waals surface area contributed by atoms with Crippen molar-refractivity contribution in [2.24, 2.45) is 0 Å². The van der Waals surface area contributed by atoms with Crippen LogP contribution >= 0.6 is 0 Å². The van der Waals surface area contributed by atoms with Crippen LogP contribution in [-0.4, -0.2) is 6.54 Å². The molecule has 1 aromatic carbocycles. The van der Waals surface area contributed by atoms with E-state index in [-0.39, 0.29) is 5.82 Å². The van der Waals surface area contributed by atoms with Crippen molar-refractivity contribution in [3.8, 4) is 0 Å². The number of hydrogen-bond donors (Lipinski definition) is 1. The average molecular weight is 207 g/mol. The van der Waals surface area contributed by atoms with Gasteiger partial charge in [0.25, 0.3) is 0 Å². The van der Waals surface area contributed by atoms with Gasteiger partial charge in [-0.05, 0) is 55.0 Å². The first-order valence-electron chi connectivity index (χ1n) is 5.80. The van der Waals surface area contributed by atoms with Gasteiger partial charge in [0.15, 0.2) is 0 Å². The Morgan fingerprint density at radius 3 is 2.87 bits per heavy atom. The molecule has 0 bridgehead atoms. The van der Waals surface area contributed by atoms with Crippen molar-refractivity contribution in [1.82, 2.24) is 5.32 Å². The molecule has 0 radical (unpaired) electrons. The van der Waals surface area contributed by atoms with Gasteiger partial charge in [0.2, 0.25) is 0 Å². The van der Waals surface area contributed by atoms with Crippen molar-refractivity contribution < 1.29 is 4.39 Å². The molecule has 1 fully saturated rings. The van der Waals surface area contributed by atoms with Gasteiger partial charge in [0, 0.05) is 6.54 Å². The molecule has 0 aromatic heterocycles. The third-order valence-corrected chi connectivity index (χ3v) is 2.87. The van der Waals surface area contributed by atoms with Crippen LogP contribution in [0, 0.1) is 5.82 Å². The molecule has 0 heterocycles. The Labute approximate surface area is 90.7 Å². The van der Waals surface area contributed by atoms with Gasteiger partial charge < -0.3 is 5.32 Å². The second-order valence-electron chi connectivity index (χ2n) is 4.29. The summed E-state index contributed by atoms with van der Waals surface area (Å²) < 4.78 is 13.1. The highest BCUT2D eigenvalue weighted by atomic mass is 19.1. The van der Waals surface area contributed by atoms with Gasteiger partial charge in [-0.2, -0.15) is 0 Å². The number of hydrogen-bond acceptors (Lipinski definition) is 1. The minimum Gasteiger partial charge on any atom is -0.313 e. The number of rotatable bonds is 5. The molecule has 82 valence electrons. The Bertz CT molecular complexity index is 331. The van der Waals surface area contributed by atoms with E-state index in [1.165, 1.54) is 24.0 Å². The molecule has 15 heavy (non-hydrogen) atoms. The summed E-state index contributed by atoms with van der Waals surface area (Å²) in [4.78, 5) is 0. The van der Waals surface area contributed by atoms with Gasteiger partial charge in [-0.1, -0.05) is 13.0 Å². The predicted molar refractivity (Wildman–Crippen MR) is 60.4 cm³/mol. The van der Waals surface area contributed by atoms with E-state index in [9.17, 15) is 4.39 Å². The van der Waals surface area contributed by atoms with Crippen LogP contribution in [0.3, 0.4) is 0 Å². The molecular formula is C13H18FN. The quantitative estimate of drug-likeness (QED) is 0.731. The zero-order valence-corrected chi connectivity index (χ0v) is 9.22. The summed E-state index contributed by atoms with van der Waals surface area (Å²) in [5.74, 6) is 0.523. The fraction of sp³-hybridized carbons (Fsp3) is 0.538. The lowest BCUT2D eigenvalue weighted by atomic mass is 10.0. The van der Waals surface area contributed by atoms with Crippen molar-refractivity contribution in [1.29, 1.82) is 0 Å². The lowest BCUT2D eigenvalue weighted by molar-refractivity contribution is 0.620. The summed E-state index contributed by atoms with van der Waals surface area (Å²) in [6.45, 7) is 4.06. The van der Waals surface area contributed by atoms with Crippen molar-refractivity contribution in [2.45, 2.75) is 38.6 Å². The SMILES string of the molecule is CCCNCc1ccc(F)cc1C1CC1. The predicted octanol–water partition coefficient (Wildman–Crippen LogP) is 3.20. The number of benzene rings is 1. The van der Waals surface area contributed by atoms with Crippen molar-refractivity contribution >= 4 is 0 Å². The van der Waals surface area contributed by atoms with E-state index in [0.717, 1.165) is 19.5 Å². The third-order valence-electron chi connectivity index (χ3n) is 2.87. The average Bonchev–Trinajstić information content (AvgIpc) is 3.04. The standard InChI is InChI=1S/C13H18FN/c1-2-7-15-9-11-5-6-12(14)8-13(11)10-3-4-10/h5-6,8,10,15H,2-4,7,9H2,1H3. The van der Waals surface area contributed by atoms with E-state index in [1.54, 1.807) is 12.1 Å². The van der Waals surface area contributed by atoms with Crippen LogP contribution in [0.2, 0.25) is 0 Å². The van der Waals surface area contributed by atoms with Gasteiger partial charge in [-0.25, -0.2) is 4.39 Å². The molecule has 0 spiro atoms. The first-order chi connectivity index (χ1) is 7.31. The Kier molecular flexibility index (Phi) is 3.37. The zero-order valence-electron chi connectivity index (χ0n) is 9.22. The van der Waals surface area contributed by atoms with Crippen LogP contribution in [0.15, 0.2) is 18.2 Å². The second kappa shape index (κ2) is 4.75. The highest BCUT2D eigenvalue weighted by Crippen LogP contribution is 2.41. The fourth-order valence-corrected chi connectivity index (χ4v) is 1.90. The van der Waals surface area contributed by atoms with Gasteiger partial charge in [-0.3, -0.25) is 0 Å². The van der Waals surface area contributed by atoms with Crippen LogP contribution in [0.5, 0.6) is 0 Å². The maximum Gasteiger partial charge on any atom is 0.123 e. The smallest absolute Gasteiger partial charge is 0.123 e. The lowest BCUT2D eigenvalue weighted by Gasteiger charge is -2.09. The van der Waals surface area contributed by atoms with Crippen molar-refractivity contribution in [3.05, 3.63) is 35.1 Å². The summed E-state index contributed by atoms with van der Waals surface area (Å²) in [5, 5.41) is 3.37. The molecular weight excluding hydrogens is 189 g/mol. The number of nitrogens with one attached hydrogen (secondary N) is 1. The topological polar surface area (TPSA) is 12.0 Å².